The number of carbonyl (C=O) groups excluding carboxylic acids is 2. The van der Waals surface area contributed by atoms with Gasteiger partial charge in [-0.05, 0) is 12.8 Å². The number of halogens is 6. The van der Waals surface area contributed by atoms with Gasteiger partial charge in [-0.25, -0.2) is 15.4 Å². The van der Waals surface area contributed by atoms with Crippen molar-refractivity contribution < 1.29 is 45.4 Å². The molecule has 3 aliphatic heterocycles. The molecule has 0 radical (unpaired) electrons. The number of hydrogen-bond donors (Lipinski definition) is 2. The lowest BCUT2D eigenvalue weighted by Gasteiger charge is -2.35. The Kier molecular flexibility index (Phi) is 8.08. The molecular formula is C21H26F6N6O4. The van der Waals surface area contributed by atoms with Crippen LogP contribution in [0.15, 0.2) is 12.4 Å². The Balaban J connectivity index is 1.20. The fourth-order valence-electron chi connectivity index (χ4n) is 4.51. The number of hydrogen-bond acceptors (Lipinski definition) is 8. The van der Waals surface area contributed by atoms with Crippen LogP contribution in [-0.4, -0.2) is 90.5 Å². The number of carbonyl (C=O) groups is 2. The predicted octanol–water partition coefficient (Wildman–Crippen LogP) is 1.28. The molecule has 2 N–H and O–H groups in total. The van der Waals surface area contributed by atoms with Gasteiger partial charge in [-0.3, -0.25) is 15.0 Å². The smallest absolute Gasteiger partial charge is 0.373 e. The number of alkyl halides is 6. The van der Waals surface area contributed by atoms with Gasteiger partial charge in [0.25, 0.3) is 0 Å². The standard InChI is InChI=1S/C21H26F6N6O4/c22-20(23,24)12-8-28-19(29-9-12)33-5-3-32(4-6-33)16(34)7-13-1-2-14(37-13)11-36-15-10-30-31-18(35)17(15)21(25,26)27/h8-9,13-15,17,30H,1-7,10-11H2,(H,31,35)/t13-,14-,15?,17?/m1/s1. The maximum atomic E-state index is 13.2. The number of ether oxygens (including phenoxy) is 2. The van der Waals surface area contributed by atoms with E-state index in [1.54, 1.807) is 9.80 Å². The summed E-state index contributed by atoms with van der Waals surface area (Å²) in [6.07, 6.45) is -8.99. The molecule has 2 unspecified atom stereocenters. The zero-order valence-electron chi connectivity index (χ0n) is 19.5. The van der Waals surface area contributed by atoms with E-state index in [1.165, 1.54) is 0 Å². The van der Waals surface area contributed by atoms with Crippen LogP contribution >= 0.6 is 0 Å². The summed E-state index contributed by atoms with van der Waals surface area (Å²) in [5, 5.41) is 0. The second-order valence-corrected chi connectivity index (χ2v) is 9.06. The van der Waals surface area contributed by atoms with Crippen molar-refractivity contribution in [3.63, 3.8) is 0 Å². The first kappa shape index (κ1) is 27.3. The van der Waals surface area contributed by atoms with E-state index in [-0.39, 0.29) is 31.4 Å². The summed E-state index contributed by atoms with van der Waals surface area (Å²) >= 11 is 0. The molecule has 0 aliphatic carbocycles. The fourth-order valence-corrected chi connectivity index (χ4v) is 4.51. The van der Waals surface area contributed by atoms with Gasteiger partial charge in [0.1, 0.15) is 0 Å². The van der Waals surface area contributed by atoms with Gasteiger partial charge in [0.2, 0.25) is 17.8 Å². The number of nitrogens with one attached hydrogen (secondary N) is 2. The van der Waals surface area contributed by atoms with Crippen LogP contribution < -0.4 is 15.8 Å². The van der Waals surface area contributed by atoms with Crippen LogP contribution in [0.2, 0.25) is 0 Å². The molecule has 4 atom stereocenters. The second kappa shape index (κ2) is 10.9. The lowest BCUT2D eigenvalue weighted by molar-refractivity contribution is -0.215. The third kappa shape index (κ3) is 6.78. The first-order chi connectivity index (χ1) is 17.4. The van der Waals surface area contributed by atoms with Gasteiger partial charge in [-0.15, -0.1) is 0 Å². The molecule has 37 heavy (non-hydrogen) atoms. The van der Waals surface area contributed by atoms with E-state index in [9.17, 15) is 35.9 Å². The summed E-state index contributed by atoms with van der Waals surface area (Å²) in [6, 6.07) is 0. The highest BCUT2D eigenvalue weighted by Crippen LogP contribution is 2.32. The van der Waals surface area contributed by atoms with Crippen LogP contribution in [-0.2, 0) is 25.2 Å². The van der Waals surface area contributed by atoms with Crippen LogP contribution in [0.1, 0.15) is 24.8 Å². The minimum Gasteiger partial charge on any atom is -0.373 e. The Labute approximate surface area is 207 Å². The molecule has 4 heterocycles. The highest BCUT2D eigenvalue weighted by atomic mass is 19.4. The molecule has 10 nitrogen and oxygen atoms in total. The van der Waals surface area contributed by atoms with Crippen molar-refractivity contribution in [2.24, 2.45) is 5.92 Å². The van der Waals surface area contributed by atoms with Crippen molar-refractivity contribution in [1.29, 1.82) is 0 Å². The van der Waals surface area contributed by atoms with Crippen molar-refractivity contribution in [1.82, 2.24) is 25.7 Å². The van der Waals surface area contributed by atoms with Crippen molar-refractivity contribution in [3.8, 4) is 0 Å². The number of hydrazine groups is 1. The predicted molar refractivity (Wildman–Crippen MR) is 114 cm³/mol. The first-order valence-corrected chi connectivity index (χ1v) is 11.7. The van der Waals surface area contributed by atoms with E-state index in [4.69, 9.17) is 9.47 Å². The Bertz CT molecular complexity index is 954. The molecule has 0 saturated carbocycles. The van der Waals surface area contributed by atoms with Crippen LogP contribution in [0, 0.1) is 5.92 Å². The van der Waals surface area contributed by atoms with Crippen molar-refractivity contribution >= 4 is 17.8 Å². The lowest BCUT2D eigenvalue weighted by Crippen LogP contribution is -2.60. The molecule has 2 amide bonds. The summed E-state index contributed by atoms with van der Waals surface area (Å²) in [5.41, 5.74) is 3.41. The topological polar surface area (TPSA) is 109 Å². The van der Waals surface area contributed by atoms with Gasteiger partial charge in [0.05, 0.1) is 36.9 Å². The van der Waals surface area contributed by atoms with Crippen LogP contribution in [0.5, 0.6) is 0 Å². The Morgan fingerprint density at radius 2 is 1.70 bits per heavy atom. The molecule has 3 aliphatic rings. The van der Waals surface area contributed by atoms with Crippen molar-refractivity contribution in [2.75, 3.05) is 44.2 Å². The van der Waals surface area contributed by atoms with E-state index in [2.05, 4.69) is 15.4 Å². The average Bonchev–Trinajstić information content (AvgIpc) is 3.28. The lowest BCUT2D eigenvalue weighted by atomic mass is 9.99. The summed E-state index contributed by atoms with van der Waals surface area (Å²) in [4.78, 5) is 35.2. The minimum absolute atomic E-state index is 0.0891. The number of nitrogens with zero attached hydrogens (tertiary/aromatic N) is 4. The Morgan fingerprint density at radius 1 is 1.05 bits per heavy atom. The molecule has 16 heteroatoms. The summed E-state index contributed by atoms with van der Waals surface area (Å²) in [6.45, 7) is 1.03. The van der Waals surface area contributed by atoms with E-state index >= 15 is 0 Å². The third-order valence-electron chi connectivity index (χ3n) is 6.50. The van der Waals surface area contributed by atoms with E-state index in [0.717, 1.165) is 12.4 Å². The maximum absolute atomic E-state index is 13.2. The summed E-state index contributed by atoms with van der Waals surface area (Å²) in [7, 11) is 0. The highest BCUT2D eigenvalue weighted by molar-refractivity contribution is 5.80. The van der Waals surface area contributed by atoms with Crippen LogP contribution in [0.25, 0.3) is 0 Å². The largest absolute Gasteiger partial charge is 0.419 e. The Morgan fingerprint density at radius 3 is 2.32 bits per heavy atom. The number of anilines is 1. The SMILES string of the molecule is O=C1NNCC(OC[C@H]2CC[C@H](CC(=O)N3CCN(c4ncc(C(F)(F)F)cn4)CC3)O2)C1C(F)(F)F. The quantitative estimate of drug-likeness (QED) is 0.520. The maximum Gasteiger partial charge on any atom is 0.419 e. The van der Waals surface area contributed by atoms with Gasteiger partial charge in [-0.2, -0.15) is 26.3 Å². The summed E-state index contributed by atoms with van der Waals surface area (Å²) < 4.78 is 88.9. The fraction of sp³-hybridized carbons (Fsp3) is 0.714. The first-order valence-electron chi connectivity index (χ1n) is 11.7. The minimum atomic E-state index is -4.75. The third-order valence-corrected chi connectivity index (χ3v) is 6.50. The van der Waals surface area contributed by atoms with E-state index in [1.807, 2.05) is 5.43 Å². The Hall–Kier alpha value is -2.72. The molecule has 4 rings (SSSR count). The van der Waals surface area contributed by atoms with E-state index in [0.29, 0.717) is 39.0 Å². The van der Waals surface area contributed by atoms with Gasteiger partial charge in [-0.1, -0.05) is 0 Å². The second-order valence-electron chi connectivity index (χ2n) is 9.06. The molecule has 1 aromatic rings. The average molecular weight is 540 g/mol. The molecule has 1 aromatic heterocycles. The molecule has 0 spiro atoms. The zero-order valence-corrected chi connectivity index (χ0v) is 19.5. The molecule has 0 bridgehead atoms. The van der Waals surface area contributed by atoms with Crippen LogP contribution in [0.4, 0.5) is 32.3 Å². The zero-order chi connectivity index (χ0) is 26.8. The number of piperazine rings is 1. The van der Waals surface area contributed by atoms with Crippen molar-refractivity contribution in [2.45, 2.75) is 49.9 Å². The molecular weight excluding hydrogens is 514 g/mol. The monoisotopic (exact) mass is 540 g/mol. The summed E-state index contributed by atoms with van der Waals surface area (Å²) in [5.74, 6) is -3.49. The normalized spacial score (nSPS) is 27.4. The van der Waals surface area contributed by atoms with Gasteiger partial charge in [0, 0.05) is 45.1 Å². The molecule has 0 aromatic carbocycles. The number of rotatable bonds is 6. The van der Waals surface area contributed by atoms with Gasteiger partial charge < -0.3 is 19.3 Å². The molecule has 3 saturated heterocycles. The van der Waals surface area contributed by atoms with E-state index < -0.39 is 48.1 Å². The number of amides is 2. The molecule has 206 valence electrons. The number of aromatic nitrogens is 2. The van der Waals surface area contributed by atoms with Gasteiger partial charge >= 0.3 is 12.4 Å². The van der Waals surface area contributed by atoms with Crippen LogP contribution in [0.3, 0.4) is 0 Å². The highest BCUT2D eigenvalue weighted by Gasteiger charge is 2.52. The molecule has 3 fully saturated rings. The van der Waals surface area contributed by atoms with Gasteiger partial charge in [0.15, 0.2) is 5.92 Å². The van der Waals surface area contributed by atoms with Crippen molar-refractivity contribution in [3.05, 3.63) is 18.0 Å².